The fourth-order valence-corrected chi connectivity index (χ4v) is 2.84. The molecule has 0 atom stereocenters. The molecule has 0 spiro atoms. The van der Waals surface area contributed by atoms with Crippen molar-refractivity contribution < 1.29 is 4.74 Å². The molecule has 0 radical (unpaired) electrons. The minimum Gasteiger partial charge on any atom is -0.496 e. The highest BCUT2D eigenvalue weighted by Crippen LogP contribution is 2.33. The monoisotopic (exact) mass is 317 g/mol. The molecule has 0 saturated carbocycles. The molecule has 0 unspecified atom stereocenters. The Labute approximate surface area is 144 Å². The van der Waals surface area contributed by atoms with Gasteiger partial charge in [0.15, 0.2) is 0 Å². The predicted molar refractivity (Wildman–Crippen MR) is 102 cm³/mol. The van der Waals surface area contributed by atoms with Crippen molar-refractivity contribution in [2.75, 3.05) is 12.4 Å². The lowest BCUT2D eigenvalue weighted by Crippen LogP contribution is -1.94. The van der Waals surface area contributed by atoms with Gasteiger partial charge in [0.05, 0.1) is 7.11 Å². The summed E-state index contributed by atoms with van der Waals surface area (Å²) >= 11 is 0. The van der Waals surface area contributed by atoms with E-state index in [1.807, 2.05) is 30.3 Å². The summed E-state index contributed by atoms with van der Waals surface area (Å²) in [5.74, 6) is 0.880. The van der Waals surface area contributed by atoms with Gasteiger partial charge in [0.2, 0.25) is 0 Å². The Morgan fingerprint density at radius 2 is 1.54 bits per heavy atom. The highest BCUT2D eigenvalue weighted by atomic mass is 16.5. The van der Waals surface area contributed by atoms with Crippen LogP contribution in [0.2, 0.25) is 0 Å². The fraction of sp³-hybridized carbons (Fsp3) is 0.182. The summed E-state index contributed by atoms with van der Waals surface area (Å²) in [5.41, 5.74) is 5.77. The molecule has 3 aromatic carbocycles. The number of hydrogen-bond acceptors (Lipinski definition) is 2. The van der Waals surface area contributed by atoms with Crippen LogP contribution in [0.5, 0.6) is 5.75 Å². The Morgan fingerprint density at radius 1 is 0.833 bits per heavy atom. The van der Waals surface area contributed by atoms with Crippen molar-refractivity contribution in [2.24, 2.45) is 0 Å². The van der Waals surface area contributed by atoms with Gasteiger partial charge in [-0.25, -0.2) is 0 Å². The lowest BCUT2D eigenvalue weighted by atomic mass is 10.0. The van der Waals surface area contributed by atoms with E-state index < -0.39 is 0 Å². The highest BCUT2D eigenvalue weighted by molar-refractivity contribution is 5.76. The lowest BCUT2D eigenvalue weighted by molar-refractivity contribution is 0.416. The van der Waals surface area contributed by atoms with E-state index in [0.717, 1.165) is 34.7 Å². The average Bonchev–Trinajstić information content (AvgIpc) is 2.64. The largest absolute Gasteiger partial charge is 0.496 e. The van der Waals surface area contributed by atoms with Gasteiger partial charge in [0.1, 0.15) is 5.75 Å². The zero-order chi connectivity index (χ0) is 16.8. The second-order valence-electron chi connectivity index (χ2n) is 5.85. The zero-order valence-corrected chi connectivity index (χ0v) is 14.3. The number of aryl methyl sites for hydroxylation is 1. The molecular weight excluding hydrogens is 294 g/mol. The van der Waals surface area contributed by atoms with Crippen molar-refractivity contribution >= 4 is 11.4 Å². The minimum atomic E-state index is 0.880. The Balaban J connectivity index is 1.86. The summed E-state index contributed by atoms with van der Waals surface area (Å²) in [7, 11) is 1.71. The third kappa shape index (κ3) is 3.77. The van der Waals surface area contributed by atoms with Crippen LogP contribution in [0.3, 0.4) is 0 Å². The Bertz CT molecular complexity index is 779. The summed E-state index contributed by atoms with van der Waals surface area (Å²) in [4.78, 5) is 0. The van der Waals surface area contributed by atoms with Gasteiger partial charge in [0.25, 0.3) is 0 Å². The maximum Gasteiger partial charge on any atom is 0.126 e. The molecule has 3 rings (SSSR count). The average molecular weight is 317 g/mol. The molecule has 3 aromatic rings. The van der Waals surface area contributed by atoms with Crippen molar-refractivity contribution in [3.05, 3.63) is 78.4 Å². The highest BCUT2D eigenvalue weighted by Gasteiger charge is 2.07. The van der Waals surface area contributed by atoms with Crippen molar-refractivity contribution in [2.45, 2.75) is 19.8 Å². The van der Waals surface area contributed by atoms with Gasteiger partial charge < -0.3 is 10.1 Å². The molecule has 122 valence electrons. The summed E-state index contributed by atoms with van der Waals surface area (Å²) < 4.78 is 5.52. The predicted octanol–water partition coefficient (Wildman–Crippen LogP) is 6.06. The smallest absolute Gasteiger partial charge is 0.126 e. The van der Waals surface area contributed by atoms with Crippen LogP contribution in [0, 0.1) is 0 Å². The fourth-order valence-electron chi connectivity index (χ4n) is 2.84. The van der Waals surface area contributed by atoms with E-state index in [9.17, 15) is 0 Å². The van der Waals surface area contributed by atoms with E-state index >= 15 is 0 Å². The molecule has 0 aliphatic heterocycles. The third-order valence-electron chi connectivity index (χ3n) is 4.07. The number of hydrogen-bond donors (Lipinski definition) is 1. The molecule has 2 nitrogen and oxygen atoms in total. The summed E-state index contributed by atoms with van der Waals surface area (Å²) in [5, 5.41) is 3.48. The van der Waals surface area contributed by atoms with Crippen LogP contribution in [-0.2, 0) is 6.42 Å². The number of rotatable bonds is 6. The first-order chi connectivity index (χ1) is 11.8. The van der Waals surface area contributed by atoms with Crippen LogP contribution in [-0.4, -0.2) is 7.11 Å². The van der Waals surface area contributed by atoms with E-state index in [1.165, 1.54) is 12.0 Å². The van der Waals surface area contributed by atoms with Crippen molar-refractivity contribution in [1.82, 2.24) is 0 Å². The molecular formula is C22H23NO. The summed E-state index contributed by atoms with van der Waals surface area (Å²) in [6.07, 6.45) is 2.30. The SMILES string of the molecule is CCCc1ccc(Nc2ccc(OC)c(-c3ccccc3)c2)cc1. The summed E-state index contributed by atoms with van der Waals surface area (Å²) in [6, 6.07) is 25.1. The molecule has 0 saturated heterocycles. The quantitative estimate of drug-likeness (QED) is 0.597. The molecule has 0 aromatic heterocycles. The van der Waals surface area contributed by atoms with Gasteiger partial charge in [-0.3, -0.25) is 0 Å². The van der Waals surface area contributed by atoms with Crippen molar-refractivity contribution in [3.63, 3.8) is 0 Å². The Morgan fingerprint density at radius 3 is 2.21 bits per heavy atom. The molecule has 24 heavy (non-hydrogen) atoms. The number of methoxy groups -OCH3 is 1. The Hall–Kier alpha value is -2.74. The molecule has 0 fully saturated rings. The molecule has 0 aliphatic carbocycles. The standard InChI is InChI=1S/C22H23NO/c1-3-7-17-10-12-19(13-11-17)23-20-14-15-22(24-2)21(16-20)18-8-5-4-6-9-18/h4-6,8-16,23H,3,7H2,1-2H3. The first kappa shape index (κ1) is 16.1. The number of benzene rings is 3. The minimum absolute atomic E-state index is 0.880. The molecule has 0 aliphatic rings. The molecule has 0 amide bonds. The second kappa shape index (κ2) is 7.69. The summed E-state index contributed by atoms with van der Waals surface area (Å²) in [6.45, 7) is 2.20. The van der Waals surface area contributed by atoms with Crippen LogP contribution < -0.4 is 10.1 Å². The van der Waals surface area contributed by atoms with Crippen LogP contribution in [0.15, 0.2) is 72.8 Å². The maximum atomic E-state index is 5.52. The number of ether oxygens (including phenoxy) is 1. The van der Waals surface area contributed by atoms with Gasteiger partial charge in [-0.2, -0.15) is 0 Å². The van der Waals surface area contributed by atoms with Gasteiger partial charge in [0, 0.05) is 16.9 Å². The number of nitrogens with one attached hydrogen (secondary N) is 1. The van der Waals surface area contributed by atoms with E-state index in [1.54, 1.807) is 7.11 Å². The first-order valence-electron chi connectivity index (χ1n) is 8.39. The Kier molecular flexibility index (Phi) is 5.17. The molecule has 0 bridgehead atoms. The zero-order valence-electron chi connectivity index (χ0n) is 14.3. The lowest BCUT2D eigenvalue weighted by Gasteiger charge is -2.13. The molecule has 2 heteroatoms. The first-order valence-corrected chi connectivity index (χ1v) is 8.39. The van der Waals surface area contributed by atoms with E-state index in [-0.39, 0.29) is 0 Å². The van der Waals surface area contributed by atoms with E-state index in [0.29, 0.717) is 0 Å². The van der Waals surface area contributed by atoms with Crippen molar-refractivity contribution in [1.29, 1.82) is 0 Å². The van der Waals surface area contributed by atoms with E-state index in [2.05, 4.69) is 54.7 Å². The maximum absolute atomic E-state index is 5.52. The van der Waals surface area contributed by atoms with Gasteiger partial charge in [-0.05, 0) is 47.9 Å². The molecule has 1 N–H and O–H groups in total. The van der Waals surface area contributed by atoms with Crippen LogP contribution >= 0.6 is 0 Å². The number of anilines is 2. The van der Waals surface area contributed by atoms with E-state index in [4.69, 9.17) is 4.74 Å². The topological polar surface area (TPSA) is 21.3 Å². The third-order valence-corrected chi connectivity index (χ3v) is 4.07. The van der Waals surface area contributed by atoms with Crippen LogP contribution in [0.25, 0.3) is 11.1 Å². The normalized spacial score (nSPS) is 10.4. The van der Waals surface area contributed by atoms with Crippen LogP contribution in [0.4, 0.5) is 11.4 Å². The van der Waals surface area contributed by atoms with Crippen molar-refractivity contribution in [3.8, 4) is 16.9 Å². The molecule has 0 heterocycles. The van der Waals surface area contributed by atoms with Gasteiger partial charge >= 0.3 is 0 Å². The second-order valence-corrected chi connectivity index (χ2v) is 5.85. The van der Waals surface area contributed by atoms with Gasteiger partial charge in [-0.1, -0.05) is 55.8 Å². The van der Waals surface area contributed by atoms with Crippen LogP contribution in [0.1, 0.15) is 18.9 Å². The van der Waals surface area contributed by atoms with Gasteiger partial charge in [-0.15, -0.1) is 0 Å².